The summed E-state index contributed by atoms with van der Waals surface area (Å²) in [6.07, 6.45) is 2.27. The molecule has 1 heterocycles. The van der Waals surface area contributed by atoms with Crippen LogP contribution in [-0.2, 0) is 0 Å². The molecule has 0 saturated carbocycles. The third-order valence-corrected chi connectivity index (χ3v) is 2.56. The fourth-order valence-electron chi connectivity index (χ4n) is 1.02. The Kier molecular flexibility index (Phi) is 4.65. The summed E-state index contributed by atoms with van der Waals surface area (Å²) in [5.74, 6) is 0.746. The van der Waals surface area contributed by atoms with Crippen LogP contribution in [0.25, 0.3) is 0 Å². The third kappa shape index (κ3) is 3.44. The van der Waals surface area contributed by atoms with Gasteiger partial charge in [0.05, 0.1) is 9.50 Å². The molecule has 14 heavy (non-hydrogen) atoms. The van der Waals surface area contributed by atoms with Crippen molar-refractivity contribution in [2.75, 3.05) is 11.9 Å². The molecule has 1 aromatic heterocycles. The average Bonchev–Trinajstić information content (AvgIpc) is 2.10. The minimum absolute atomic E-state index is 0.166. The summed E-state index contributed by atoms with van der Waals surface area (Å²) in [5.41, 5.74) is 0. The van der Waals surface area contributed by atoms with E-state index in [1.807, 2.05) is 6.92 Å². The fourth-order valence-corrected chi connectivity index (χ4v) is 1.77. The second-order valence-electron chi connectivity index (χ2n) is 3.04. The molecule has 0 aliphatic heterocycles. The van der Waals surface area contributed by atoms with E-state index in [0.29, 0.717) is 11.4 Å². The van der Waals surface area contributed by atoms with Crippen LogP contribution in [0.2, 0.25) is 5.02 Å². The van der Waals surface area contributed by atoms with Crippen LogP contribution < -0.4 is 5.32 Å². The van der Waals surface area contributed by atoms with Gasteiger partial charge in [-0.3, -0.25) is 0 Å². The Balaban J connectivity index is 2.67. The highest BCUT2D eigenvalue weighted by molar-refractivity contribution is 9.10. The SMILES string of the molecule is C[C@@H](CCO)Nc1ncc(Cl)cc1Br. The van der Waals surface area contributed by atoms with E-state index in [2.05, 4.69) is 26.2 Å². The highest BCUT2D eigenvalue weighted by atomic mass is 79.9. The summed E-state index contributed by atoms with van der Waals surface area (Å²) in [5, 5.41) is 12.5. The Morgan fingerprint density at radius 3 is 3.00 bits per heavy atom. The molecule has 0 unspecified atom stereocenters. The average molecular weight is 280 g/mol. The minimum atomic E-state index is 0.166. The van der Waals surface area contributed by atoms with Crippen molar-refractivity contribution in [1.29, 1.82) is 0 Å². The van der Waals surface area contributed by atoms with Crippen LogP contribution in [0.1, 0.15) is 13.3 Å². The zero-order valence-corrected chi connectivity index (χ0v) is 10.1. The summed E-state index contributed by atoms with van der Waals surface area (Å²) in [6.45, 7) is 2.15. The Morgan fingerprint density at radius 2 is 2.43 bits per heavy atom. The van der Waals surface area contributed by atoms with E-state index in [0.717, 1.165) is 10.3 Å². The topological polar surface area (TPSA) is 45.1 Å². The van der Waals surface area contributed by atoms with Gasteiger partial charge in [0.1, 0.15) is 5.82 Å². The summed E-state index contributed by atoms with van der Waals surface area (Å²) in [6, 6.07) is 1.97. The van der Waals surface area contributed by atoms with E-state index >= 15 is 0 Å². The van der Waals surface area contributed by atoms with Crippen LogP contribution in [0.15, 0.2) is 16.7 Å². The number of hydrogen-bond donors (Lipinski definition) is 2. The maximum Gasteiger partial charge on any atom is 0.140 e. The molecule has 0 aromatic carbocycles. The van der Waals surface area contributed by atoms with Gasteiger partial charge in [-0.15, -0.1) is 0 Å². The van der Waals surface area contributed by atoms with Gasteiger partial charge in [-0.1, -0.05) is 11.6 Å². The van der Waals surface area contributed by atoms with Gasteiger partial charge in [0.15, 0.2) is 0 Å². The fraction of sp³-hybridized carbons (Fsp3) is 0.444. The van der Waals surface area contributed by atoms with Crippen LogP contribution in [-0.4, -0.2) is 22.7 Å². The van der Waals surface area contributed by atoms with Gasteiger partial charge < -0.3 is 10.4 Å². The first-order valence-electron chi connectivity index (χ1n) is 4.32. The first-order chi connectivity index (χ1) is 6.63. The predicted octanol–water partition coefficient (Wildman–Crippen LogP) is 2.68. The van der Waals surface area contributed by atoms with E-state index in [1.54, 1.807) is 12.3 Å². The highest BCUT2D eigenvalue weighted by Crippen LogP contribution is 2.23. The second kappa shape index (κ2) is 5.53. The van der Waals surface area contributed by atoms with Crippen molar-refractivity contribution >= 4 is 33.3 Å². The Bertz CT molecular complexity index is 309. The van der Waals surface area contributed by atoms with Gasteiger partial charge in [0.25, 0.3) is 0 Å². The highest BCUT2D eigenvalue weighted by Gasteiger charge is 2.05. The molecular weight excluding hydrogens is 267 g/mol. The first-order valence-corrected chi connectivity index (χ1v) is 5.49. The maximum absolute atomic E-state index is 8.73. The molecule has 0 aliphatic carbocycles. The molecule has 0 bridgehead atoms. The van der Waals surface area contributed by atoms with Crippen LogP contribution in [0.5, 0.6) is 0 Å². The van der Waals surface area contributed by atoms with Crippen LogP contribution in [0.3, 0.4) is 0 Å². The maximum atomic E-state index is 8.73. The number of halogens is 2. The molecule has 0 fully saturated rings. The largest absolute Gasteiger partial charge is 0.396 e. The molecule has 0 saturated heterocycles. The number of pyridine rings is 1. The zero-order chi connectivity index (χ0) is 10.6. The van der Waals surface area contributed by atoms with Crippen molar-refractivity contribution < 1.29 is 5.11 Å². The zero-order valence-electron chi connectivity index (χ0n) is 7.80. The number of hydrogen-bond acceptors (Lipinski definition) is 3. The summed E-state index contributed by atoms with van der Waals surface area (Å²) >= 11 is 9.11. The van der Waals surface area contributed by atoms with E-state index in [1.165, 1.54) is 0 Å². The predicted molar refractivity (Wildman–Crippen MR) is 61.7 cm³/mol. The Morgan fingerprint density at radius 1 is 1.71 bits per heavy atom. The standard InChI is InChI=1S/C9H12BrClN2O/c1-6(2-3-14)13-9-8(10)4-7(11)5-12-9/h4-6,14H,2-3H2,1H3,(H,12,13)/t6-/m0/s1. The summed E-state index contributed by atoms with van der Waals surface area (Å²) in [4.78, 5) is 4.13. The molecule has 0 aliphatic rings. The molecule has 0 radical (unpaired) electrons. The quantitative estimate of drug-likeness (QED) is 0.891. The molecule has 1 rings (SSSR count). The molecule has 2 N–H and O–H groups in total. The van der Waals surface area contributed by atoms with E-state index < -0.39 is 0 Å². The third-order valence-electron chi connectivity index (χ3n) is 1.75. The van der Waals surface area contributed by atoms with Crippen LogP contribution >= 0.6 is 27.5 Å². The number of aliphatic hydroxyl groups is 1. The van der Waals surface area contributed by atoms with Crippen molar-refractivity contribution in [3.63, 3.8) is 0 Å². The lowest BCUT2D eigenvalue weighted by molar-refractivity contribution is 0.282. The van der Waals surface area contributed by atoms with Gasteiger partial charge in [-0.25, -0.2) is 4.98 Å². The number of nitrogens with one attached hydrogen (secondary N) is 1. The number of nitrogens with zero attached hydrogens (tertiary/aromatic N) is 1. The van der Waals surface area contributed by atoms with Crippen LogP contribution in [0.4, 0.5) is 5.82 Å². The number of aliphatic hydroxyl groups excluding tert-OH is 1. The van der Waals surface area contributed by atoms with Crippen molar-refractivity contribution in [3.05, 3.63) is 21.8 Å². The van der Waals surface area contributed by atoms with Crippen molar-refractivity contribution in [2.45, 2.75) is 19.4 Å². The first kappa shape index (κ1) is 11.8. The molecule has 0 spiro atoms. The monoisotopic (exact) mass is 278 g/mol. The van der Waals surface area contributed by atoms with E-state index in [4.69, 9.17) is 16.7 Å². The molecule has 1 atom stereocenters. The molecule has 78 valence electrons. The summed E-state index contributed by atoms with van der Waals surface area (Å²) in [7, 11) is 0. The van der Waals surface area contributed by atoms with Crippen molar-refractivity contribution in [2.24, 2.45) is 0 Å². The molecule has 5 heteroatoms. The molecule has 3 nitrogen and oxygen atoms in total. The van der Waals surface area contributed by atoms with Gasteiger partial charge in [0, 0.05) is 18.8 Å². The smallest absolute Gasteiger partial charge is 0.140 e. The van der Waals surface area contributed by atoms with Gasteiger partial charge in [0.2, 0.25) is 0 Å². The van der Waals surface area contributed by atoms with Crippen LogP contribution in [0, 0.1) is 0 Å². The van der Waals surface area contributed by atoms with Gasteiger partial charge >= 0.3 is 0 Å². The number of rotatable bonds is 4. The Labute approximate surface area is 96.6 Å². The van der Waals surface area contributed by atoms with Crippen molar-refractivity contribution in [3.8, 4) is 0 Å². The minimum Gasteiger partial charge on any atom is -0.396 e. The van der Waals surface area contributed by atoms with Crippen molar-refractivity contribution in [1.82, 2.24) is 4.98 Å². The summed E-state index contributed by atoms with van der Waals surface area (Å²) < 4.78 is 0.829. The normalized spacial score (nSPS) is 12.6. The number of anilines is 1. The Hall–Kier alpha value is -0.320. The second-order valence-corrected chi connectivity index (χ2v) is 4.33. The van der Waals surface area contributed by atoms with Gasteiger partial charge in [-0.05, 0) is 35.3 Å². The van der Waals surface area contributed by atoms with E-state index in [9.17, 15) is 0 Å². The lowest BCUT2D eigenvalue weighted by Crippen LogP contribution is -2.17. The van der Waals surface area contributed by atoms with E-state index in [-0.39, 0.29) is 12.6 Å². The lowest BCUT2D eigenvalue weighted by Gasteiger charge is -2.14. The number of aromatic nitrogens is 1. The van der Waals surface area contributed by atoms with Gasteiger partial charge in [-0.2, -0.15) is 0 Å². The lowest BCUT2D eigenvalue weighted by atomic mass is 10.2. The molecule has 0 amide bonds. The molecule has 1 aromatic rings. The molecular formula is C9H12BrClN2O.